The van der Waals surface area contributed by atoms with Crippen LogP contribution >= 0.6 is 11.3 Å². The van der Waals surface area contributed by atoms with E-state index >= 15 is 0 Å². The molecule has 1 N–H and O–H groups in total. The van der Waals surface area contributed by atoms with Crippen LogP contribution in [0.5, 0.6) is 0 Å². The SMILES string of the molecule is COCCN(CCNCc1csc(C)n1)C(=O)OC(C)(C)C. The van der Waals surface area contributed by atoms with E-state index in [1.165, 1.54) is 0 Å². The Balaban J connectivity index is 2.38. The van der Waals surface area contributed by atoms with E-state index in [9.17, 15) is 4.79 Å². The topological polar surface area (TPSA) is 63.7 Å². The molecular weight excluding hydrogens is 302 g/mol. The summed E-state index contributed by atoms with van der Waals surface area (Å²) in [5.41, 5.74) is 0.539. The molecule has 0 spiro atoms. The highest BCUT2D eigenvalue weighted by Gasteiger charge is 2.21. The first-order valence-corrected chi connectivity index (χ1v) is 8.28. The van der Waals surface area contributed by atoms with Crippen LogP contribution in [0.1, 0.15) is 31.5 Å². The maximum absolute atomic E-state index is 12.1. The standard InChI is InChI=1S/C15H27N3O3S/c1-12-17-13(11-22-12)10-16-6-7-18(8-9-20-5)14(19)21-15(2,3)4/h11,16H,6-10H2,1-5H3. The van der Waals surface area contributed by atoms with E-state index in [1.54, 1.807) is 23.3 Å². The van der Waals surface area contributed by atoms with E-state index in [4.69, 9.17) is 9.47 Å². The van der Waals surface area contributed by atoms with Crippen molar-refractivity contribution in [3.05, 3.63) is 16.1 Å². The lowest BCUT2D eigenvalue weighted by atomic mass is 10.2. The monoisotopic (exact) mass is 329 g/mol. The normalized spacial score (nSPS) is 11.5. The molecule has 1 aromatic heterocycles. The number of hydrogen-bond donors (Lipinski definition) is 1. The molecular formula is C15H27N3O3S. The average Bonchev–Trinajstić information content (AvgIpc) is 2.81. The number of nitrogens with zero attached hydrogens (tertiary/aromatic N) is 2. The van der Waals surface area contributed by atoms with Gasteiger partial charge in [-0.1, -0.05) is 0 Å². The quantitative estimate of drug-likeness (QED) is 0.742. The maximum atomic E-state index is 12.1. The molecule has 0 saturated heterocycles. The van der Waals surface area contributed by atoms with Gasteiger partial charge in [0.05, 0.1) is 17.3 Å². The van der Waals surface area contributed by atoms with Crippen LogP contribution in [0.25, 0.3) is 0 Å². The summed E-state index contributed by atoms with van der Waals surface area (Å²) < 4.78 is 10.5. The van der Waals surface area contributed by atoms with Gasteiger partial charge in [0.1, 0.15) is 5.60 Å². The number of amides is 1. The summed E-state index contributed by atoms with van der Waals surface area (Å²) in [6.07, 6.45) is -0.309. The van der Waals surface area contributed by atoms with Crippen LogP contribution in [0.15, 0.2) is 5.38 Å². The molecule has 0 aliphatic carbocycles. The second-order valence-electron chi connectivity index (χ2n) is 5.99. The predicted octanol–water partition coefficient (Wildman–Crippen LogP) is 2.42. The lowest BCUT2D eigenvalue weighted by Crippen LogP contribution is -2.42. The lowest BCUT2D eigenvalue weighted by Gasteiger charge is -2.27. The van der Waals surface area contributed by atoms with Crippen LogP contribution in [0.2, 0.25) is 0 Å². The summed E-state index contributed by atoms with van der Waals surface area (Å²) in [5.74, 6) is 0. The molecule has 0 atom stereocenters. The van der Waals surface area contributed by atoms with Gasteiger partial charge in [0.15, 0.2) is 0 Å². The Kier molecular flexibility index (Phi) is 7.78. The van der Waals surface area contributed by atoms with Gasteiger partial charge in [-0.3, -0.25) is 0 Å². The third-order valence-electron chi connectivity index (χ3n) is 2.75. The Hall–Kier alpha value is -1.18. The van der Waals surface area contributed by atoms with E-state index in [0.717, 1.165) is 10.7 Å². The van der Waals surface area contributed by atoms with Gasteiger partial charge in [-0.15, -0.1) is 11.3 Å². The molecule has 0 aliphatic heterocycles. The summed E-state index contributed by atoms with van der Waals surface area (Å²) in [4.78, 5) is 18.2. The summed E-state index contributed by atoms with van der Waals surface area (Å²) in [7, 11) is 1.62. The van der Waals surface area contributed by atoms with Crippen LogP contribution in [-0.2, 0) is 16.0 Å². The van der Waals surface area contributed by atoms with Crippen LogP contribution in [0, 0.1) is 6.92 Å². The minimum Gasteiger partial charge on any atom is -0.444 e. The van der Waals surface area contributed by atoms with Gasteiger partial charge in [-0.2, -0.15) is 0 Å². The van der Waals surface area contributed by atoms with Crippen LogP contribution in [0.4, 0.5) is 4.79 Å². The number of carbonyl (C=O) groups is 1. The highest BCUT2D eigenvalue weighted by Crippen LogP contribution is 2.10. The number of aromatic nitrogens is 1. The van der Waals surface area contributed by atoms with Gasteiger partial charge in [0.25, 0.3) is 0 Å². The molecule has 126 valence electrons. The predicted molar refractivity (Wildman–Crippen MR) is 88.2 cm³/mol. The second kappa shape index (κ2) is 9.07. The van der Waals surface area contributed by atoms with Crippen LogP contribution in [-0.4, -0.2) is 54.9 Å². The summed E-state index contributed by atoms with van der Waals surface area (Å²) in [6, 6.07) is 0. The van der Waals surface area contributed by atoms with Crippen molar-refractivity contribution in [2.75, 3.05) is 33.4 Å². The average molecular weight is 329 g/mol. The van der Waals surface area contributed by atoms with E-state index in [0.29, 0.717) is 32.8 Å². The fourth-order valence-electron chi connectivity index (χ4n) is 1.74. The van der Waals surface area contributed by atoms with Gasteiger partial charge in [-0.05, 0) is 27.7 Å². The first-order valence-electron chi connectivity index (χ1n) is 7.40. The number of nitrogens with one attached hydrogen (secondary N) is 1. The molecule has 22 heavy (non-hydrogen) atoms. The fraction of sp³-hybridized carbons (Fsp3) is 0.733. The van der Waals surface area contributed by atoms with Crippen molar-refractivity contribution in [2.45, 2.75) is 39.8 Å². The first-order chi connectivity index (χ1) is 10.3. The van der Waals surface area contributed by atoms with Gasteiger partial charge in [0, 0.05) is 38.7 Å². The third kappa shape index (κ3) is 7.72. The Morgan fingerprint density at radius 2 is 2.14 bits per heavy atom. The van der Waals surface area contributed by atoms with E-state index in [2.05, 4.69) is 10.3 Å². The maximum Gasteiger partial charge on any atom is 0.410 e. The number of rotatable bonds is 8. The minimum atomic E-state index is -0.492. The smallest absolute Gasteiger partial charge is 0.410 e. The number of carbonyl (C=O) groups excluding carboxylic acids is 1. The summed E-state index contributed by atoms with van der Waals surface area (Å²) in [5, 5.41) is 6.40. The Morgan fingerprint density at radius 3 is 2.68 bits per heavy atom. The van der Waals surface area contributed by atoms with Crippen molar-refractivity contribution in [3.8, 4) is 0 Å². The molecule has 0 radical (unpaired) electrons. The van der Waals surface area contributed by atoms with Crippen molar-refractivity contribution in [1.29, 1.82) is 0 Å². The number of aryl methyl sites for hydroxylation is 1. The number of hydrogen-bond acceptors (Lipinski definition) is 6. The number of ether oxygens (including phenoxy) is 2. The summed E-state index contributed by atoms with van der Waals surface area (Å²) >= 11 is 1.64. The molecule has 1 rings (SSSR count). The van der Waals surface area contributed by atoms with E-state index < -0.39 is 5.60 Å². The zero-order chi connectivity index (χ0) is 16.6. The van der Waals surface area contributed by atoms with Crippen molar-refractivity contribution >= 4 is 17.4 Å². The molecule has 7 heteroatoms. The zero-order valence-electron chi connectivity index (χ0n) is 14.1. The van der Waals surface area contributed by atoms with Gasteiger partial charge >= 0.3 is 6.09 Å². The Bertz CT molecular complexity index is 457. The molecule has 0 unspecified atom stereocenters. The molecule has 0 fully saturated rings. The minimum absolute atomic E-state index is 0.309. The Labute approximate surface area is 136 Å². The number of thiazole rings is 1. The Morgan fingerprint density at radius 1 is 1.41 bits per heavy atom. The van der Waals surface area contributed by atoms with Gasteiger partial charge in [0.2, 0.25) is 0 Å². The molecule has 0 saturated carbocycles. The van der Waals surface area contributed by atoms with Crippen molar-refractivity contribution in [3.63, 3.8) is 0 Å². The van der Waals surface area contributed by atoms with Crippen LogP contribution < -0.4 is 5.32 Å². The van der Waals surface area contributed by atoms with E-state index in [1.807, 2.05) is 33.1 Å². The van der Waals surface area contributed by atoms with Crippen molar-refractivity contribution in [1.82, 2.24) is 15.2 Å². The molecule has 1 aromatic rings. The van der Waals surface area contributed by atoms with Crippen LogP contribution in [0.3, 0.4) is 0 Å². The van der Waals surface area contributed by atoms with Crippen molar-refractivity contribution < 1.29 is 14.3 Å². The largest absolute Gasteiger partial charge is 0.444 e. The highest BCUT2D eigenvalue weighted by molar-refractivity contribution is 7.09. The lowest BCUT2D eigenvalue weighted by molar-refractivity contribution is 0.0204. The van der Waals surface area contributed by atoms with E-state index in [-0.39, 0.29) is 6.09 Å². The summed E-state index contributed by atoms with van der Waals surface area (Å²) in [6.45, 7) is 10.5. The van der Waals surface area contributed by atoms with Gasteiger partial charge < -0.3 is 19.7 Å². The molecule has 1 heterocycles. The fourth-order valence-corrected chi connectivity index (χ4v) is 2.35. The molecule has 6 nitrogen and oxygen atoms in total. The van der Waals surface area contributed by atoms with Gasteiger partial charge in [-0.25, -0.2) is 9.78 Å². The number of methoxy groups -OCH3 is 1. The highest BCUT2D eigenvalue weighted by atomic mass is 32.1. The second-order valence-corrected chi connectivity index (χ2v) is 7.06. The molecule has 0 bridgehead atoms. The first kappa shape index (κ1) is 18.9. The zero-order valence-corrected chi connectivity index (χ0v) is 15.0. The molecule has 0 aliphatic rings. The molecule has 1 amide bonds. The third-order valence-corrected chi connectivity index (χ3v) is 3.57. The molecule has 0 aromatic carbocycles. The van der Waals surface area contributed by atoms with Crippen molar-refractivity contribution in [2.24, 2.45) is 0 Å².